The van der Waals surface area contributed by atoms with Crippen molar-refractivity contribution in [2.75, 3.05) is 10.0 Å². The maximum absolute atomic E-state index is 12.5. The molecule has 1 amide bonds. The molecular weight excluding hydrogens is 442 g/mol. The van der Waals surface area contributed by atoms with Gasteiger partial charge in [-0.25, -0.2) is 13.4 Å². The van der Waals surface area contributed by atoms with Gasteiger partial charge in [0.05, 0.1) is 17.6 Å². The van der Waals surface area contributed by atoms with Crippen LogP contribution in [-0.4, -0.2) is 34.5 Å². The van der Waals surface area contributed by atoms with Crippen molar-refractivity contribution in [3.05, 3.63) is 83.8 Å². The first kappa shape index (κ1) is 22.0. The van der Waals surface area contributed by atoms with E-state index >= 15 is 0 Å². The average molecular weight is 464 g/mol. The zero-order valence-electron chi connectivity index (χ0n) is 17.6. The first-order valence-corrected chi connectivity index (χ1v) is 11.5. The van der Waals surface area contributed by atoms with E-state index < -0.39 is 15.9 Å². The number of anilines is 3. The van der Waals surface area contributed by atoms with Crippen LogP contribution in [0.25, 0.3) is 11.3 Å². The fourth-order valence-electron chi connectivity index (χ4n) is 3.19. The van der Waals surface area contributed by atoms with E-state index in [4.69, 9.17) is 5.73 Å². The average Bonchev–Trinajstić information content (AvgIpc) is 3.20. The molecule has 168 valence electrons. The van der Waals surface area contributed by atoms with E-state index in [1.54, 1.807) is 36.4 Å². The molecule has 4 aromatic rings. The van der Waals surface area contributed by atoms with Crippen LogP contribution < -0.4 is 15.8 Å². The largest absolute Gasteiger partial charge is 0.365 e. The number of carbonyl (C=O) groups is 1. The van der Waals surface area contributed by atoms with Crippen LogP contribution in [0, 0.1) is 6.92 Å². The predicted molar refractivity (Wildman–Crippen MR) is 125 cm³/mol. The molecule has 10 nitrogen and oxygen atoms in total. The molecular formula is C22H21N7O3S. The number of sulfonamides is 1. The van der Waals surface area contributed by atoms with Crippen molar-refractivity contribution >= 4 is 33.3 Å². The molecule has 0 aliphatic carbocycles. The highest BCUT2D eigenvalue weighted by Crippen LogP contribution is 2.29. The molecule has 0 unspecified atom stereocenters. The van der Waals surface area contributed by atoms with Gasteiger partial charge in [0.25, 0.3) is 5.91 Å². The Balaban J connectivity index is 1.53. The maximum Gasteiger partial charge on any atom is 0.254 e. The van der Waals surface area contributed by atoms with Gasteiger partial charge in [0, 0.05) is 23.6 Å². The third kappa shape index (κ3) is 5.33. The monoisotopic (exact) mass is 463 g/mol. The fraction of sp³-hybridized carbons (Fsp3) is 0.0909. The highest BCUT2D eigenvalue weighted by Gasteiger charge is 2.20. The molecule has 0 bridgehead atoms. The zero-order chi connectivity index (χ0) is 23.4. The van der Waals surface area contributed by atoms with E-state index in [1.165, 1.54) is 18.6 Å². The lowest BCUT2D eigenvalue weighted by molar-refractivity contribution is 0.100. The number of H-pyrrole nitrogens is 1. The van der Waals surface area contributed by atoms with Crippen LogP contribution in [0.3, 0.4) is 0 Å². The molecule has 5 N–H and O–H groups in total. The molecule has 2 aromatic heterocycles. The van der Waals surface area contributed by atoms with Gasteiger partial charge in [-0.15, -0.1) is 0 Å². The van der Waals surface area contributed by atoms with Gasteiger partial charge in [-0.05, 0) is 24.6 Å². The number of nitrogens with two attached hydrogens (primary N) is 1. The molecule has 0 saturated carbocycles. The molecule has 11 heteroatoms. The Hall–Kier alpha value is -4.25. The van der Waals surface area contributed by atoms with Crippen LogP contribution in [0.2, 0.25) is 0 Å². The van der Waals surface area contributed by atoms with Crippen LogP contribution in [0.1, 0.15) is 21.5 Å². The second kappa shape index (κ2) is 9.09. The van der Waals surface area contributed by atoms with Gasteiger partial charge >= 0.3 is 0 Å². The summed E-state index contributed by atoms with van der Waals surface area (Å²) < 4.78 is 27.6. The van der Waals surface area contributed by atoms with Crippen molar-refractivity contribution in [3.63, 3.8) is 0 Å². The second-order valence-corrected chi connectivity index (χ2v) is 9.05. The highest BCUT2D eigenvalue weighted by atomic mass is 32.2. The van der Waals surface area contributed by atoms with E-state index in [1.807, 2.05) is 19.1 Å². The quantitative estimate of drug-likeness (QED) is 0.313. The van der Waals surface area contributed by atoms with Crippen molar-refractivity contribution in [2.24, 2.45) is 5.73 Å². The lowest BCUT2D eigenvalue weighted by atomic mass is 10.1. The summed E-state index contributed by atoms with van der Waals surface area (Å²) in [5, 5.41) is 9.83. The number of primary amides is 1. The molecule has 0 aliphatic rings. The SMILES string of the molecule is Cc1ccc(CS(=O)(=O)Nc2ccc(-c3[nH]nc(Nc4cnccn4)c3C(N)=O)cc2)cc1. The van der Waals surface area contributed by atoms with Gasteiger partial charge in [0.15, 0.2) is 5.82 Å². The summed E-state index contributed by atoms with van der Waals surface area (Å²) in [7, 11) is -3.60. The summed E-state index contributed by atoms with van der Waals surface area (Å²) in [5.74, 6) is -0.219. The van der Waals surface area contributed by atoms with E-state index in [-0.39, 0.29) is 17.1 Å². The number of amides is 1. The van der Waals surface area contributed by atoms with Gasteiger partial charge in [0.2, 0.25) is 10.0 Å². The summed E-state index contributed by atoms with van der Waals surface area (Å²) in [6, 6.07) is 13.8. The Bertz CT molecular complexity index is 1370. The Kier molecular flexibility index (Phi) is 6.05. The Morgan fingerprint density at radius 2 is 1.79 bits per heavy atom. The fourth-order valence-corrected chi connectivity index (χ4v) is 4.39. The van der Waals surface area contributed by atoms with Gasteiger partial charge in [-0.3, -0.25) is 19.6 Å². The number of benzene rings is 2. The van der Waals surface area contributed by atoms with Crippen LogP contribution >= 0.6 is 0 Å². The summed E-state index contributed by atoms with van der Waals surface area (Å²) in [6.07, 6.45) is 4.50. The molecule has 4 rings (SSSR count). The molecule has 0 aliphatic heterocycles. The van der Waals surface area contributed by atoms with Gasteiger partial charge in [0.1, 0.15) is 11.4 Å². The van der Waals surface area contributed by atoms with Crippen LogP contribution in [0.5, 0.6) is 0 Å². The number of hydrogen-bond donors (Lipinski definition) is 4. The van der Waals surface area contributed by atoms with Crippen molar-refractivity contribution in [1.29, 1.82) is 0 Å². The third-order valence-electron chi connectivity index (χ3n) is 4.75. The Labute approximate surface area is 190 Å². The lowest BCUT2D eigenvalue weighted by Crippen LogP contribution is -2.15. The van der Waals surface area contributed by atoms with E-state index in [0.717, 1.165) is 5.56 Å². The van der Waals surface area contributed by atoms with E-state index in [2.05, 4.69) is 30.2 Å². The number of aromatic amines is 1. The number of carbonyl (C=O) groups excluding carboxylic acids is 1. The molecule has 2 heterocycles. The number of nitrogens with zero attached hydrogens (tertiary/aromatic N) is 3. The zero-order valence-corrected chi connectivity index (χ0v) is 18.4. The maximum atomic E-state index is 12.5. The topological polar surface area (TPSA) is 156 Å². The van der Waals surface area contributed by atoms with Crippen LogP contribution in [0.15, 0.2) is 67.1 Å². The third-order valence-corrected chi connectivity index (χ3v) is 6.01. The second-order valence-electron chi connectivity index (χ2n) is 7.33. The minimum Gasteiger partial charge on any atom is -0.365 e. The van der Waals surface area contributed by atoms with Crippen molar-refractivity contribution in [1.82, 2.24) is 20.2 Å². The molecule has 0 saturated heterocycles. The summed E-state index contributed by atoms with van der Waals surface area (Å²) in [6.45, 7) is 1.94. The summed E-state index contributed by atoms with van der Waals surface area (Å²) in [4.78, 5) is 20.2. The Morgan fingerprint density at radius 1 is 1.06 bits per heavy atom. The minimum atomic E-state index is -3.60. The first-order chi connectivity index (χ1) is 15.8. The number of nitrogens with one attached hydrogen (secondary N) is 3. The van der Waals surface area contributed by atoms with Gasteiger partial charge in [-0.2, -0.15) is 5.10 Å². The highest BCUT2D eigenvalue weighted by molar-refractivity contribution is 7.91. The standard InChI is InChI=1S/C22H21N7O3S/c1-14-2-4-15(5-3-14)13-33(31,32)29-17-8-6-16(7-9-17)20-19(21(23)30)22(28-27-20)26-18-12-24-10-11-25-18/h2-12,29H,13H2,1H3,(H2,23,30)(H2,25,26,27,28). The summed E-state index contributed by atoms with van der Waals surface area (Å²) >= 11 is 0. The van der Waals surface area contributed by atoms with Crippen molar-refractivity contribution in [3.8, 4) is 11.3 Å². The van der Waals surface area contributed by atoms with E-state index in [0.29, 0.717) is 28.3 Å². The molecule has 33 heavy (non-hydrogen) atoms. The number of aromatic nitrogens is 4. The Morgan fingerprint density at radius 3 is 2.42 bits per heavy atom. The van der Waals surface area contributed by atoms with Crippen LogP contribution in [-0.2, 0) is 15.8 Å². The molecule has 0 radical (unpaired) electrons. The van der Waals surface area contributed by atoms with Crippen molar-refractivity contribution < 1.29 is 13.2 Å². The first-order valence-electron chi connectivity index (χ1n) is 9.88. The molecule has 0 fully saturated rings. The van der Waals surface area contributed by atoms with Crippen LogP contribution in [0.4, 0.5) is 17.3 Å². The normalized spacial score (nSPS) is 11.2. The minimum absolute atomic E-state index is 0.140. The van der Waals surface area contributed by atoms with Gasteiger partial charge in [-0.1, -0.05) is 42.0 Å². The smallest absolute Gasteiger partial charge is 0.254 e. The molecule has 0 atom stereocenters. The van der Waals surface area contributed by atoms with E-state index in [9.17, 15) is 13.2 Å². The predicted octanol–water partition coefficient (Wildman–Crippen LogP) is 2.96. The van der Waals surface area contributed by atoms with Crippen molar-refractivity contribution in [2.45, 2.75) is 12.7 Å². The molecule has 2 aromatic carbocycles. The summed E-state index contributed by atoms with van der Waals surface area (Å²) in [5.41, 5.74) is 8.86. The lowest BCUT2D eigenvalue weighted by Gasteiger charge is -2.09. The number of aryl methyl sites for hydroxylation is 1. The molecule has 0 spiro atoms. The number of hydrogen-bond acceptors (Lipinski definition) is 7. The number of rotatable bonds is 8. The van der Waals surface area contributed by atoms with Gasteiger partial charge < -0.3 is 11.1 Å².